The van der Waals surface area contributed by atoms with Crippen LogP contribution in [0.25, 0.3) is 0 Å². The molecule has 0 amide bonds. The Morgan fingerprint density at radius 2 is 1.85 bits per heavy atom. The topological polar surface area (TPSA) is 12.9 Å². The normalized spacial score (nSPS) is 13.2. The zero-order valence-electron chi connectivity index (χ0n) is 8.83. The van der Waals surface area contributed by atoms with E-state index in [0.717, 1.165) is 5.92 Å². The van der Waals surface area contributed by atoms with Crippen molar-refractivity contribution in [3.05, 3.63) is 30.1 Å². The number of rotatable bonds is 4. The van der Waals surface area contributed by atoms with Crippen molar-refractivity contribution in [2.24, 2.45) is 5.92 Å². The first-order valence-corrected chi connectivity index (χ1v) is 5.14. The van der Waals surface area contributed by atoms with Gasteiger partial charge >= 0.3 is 0 Å². The van der Waals surface area contributed by atoms with Gasteiger partial charge in [0.05, 0.1) is 0 Å². The summed E-state index contributed by atoms with van der Waals surface area (Å²) >= 11 is 0. The maximum atomic E-state index is 4.04. The highest BCUT2D eigenvalue weighted by Gasteiger charge is 2.10. The lowest BCUT2D eigenvalue weighted by Gasteiger charge is -2.17. The summed E-state index contributed by atoms with van der Waals surface area (Å²) in [6.07, 6.45) is 6.28. The Morgan fingerprint density at radius 3 is 2.31 bits per heavy atom. The zero-order valence-corrected chi connectivity index (χ0v) is 8.83. The van der Waals surface area contributed by atoms with Gasteiger partial charge in [-0.1, -0.05) is 20.8 Å². The van der Waals surface area contributed by atoms with Gasteiger partial charge in [0.15, 0.2) is 0 Å². The van der Waals surface area contributed by atoms with Crippen LogP contribution >= 0.6 is 0 Å². The Labute approximate surface area is 81.2 Å². The summed E-state index contributed by atoms with van der Waals surface area (Å²) in [4.78, 5) is 4.04. The van der Waals surface area contributed by atoms with Gasteiger partial charge in [-0.3, -0.25) is 4.98 Å². The van der Waals surface area contributed by atoms with E-state index in [1.54, 1.807) is 0 Å². The molecule has 0 aromatic carbocycles. The minimum Gasteiger partial charge on any atom is -0.265 e. The molecule has 0 saturated carbocycles. The molecule has 0 N–H and O–H groups in total. The summed E-state index contributed by atoms with van der Waals surface area (Å²) in [6, 6.07) is 4.27. The molecule has 1 rings (SSSR count). The van der Waals surface area contributed by atoms with E-state index in [4.69, 9.17) is 0 Å². The quantitative estimate of drug-likeness (QED) is 0.684. The van der Waals surface area contributed by atoms with Crippen molar-refractivity contribution in [1.82, 2.24) is 4.98 Å². The predicted molar refractivity (Wildman–Crippen MR) is 56.7 cm³/mol. The molecule has 0 bridgehead atoms. The largest absolute Gasteiger partial charge is 0.265 e. The SMILES string of the molecule is CCC(CC(C)C)c1ccncc1. The molecule has 1 unspecified atom stereocenters. The predicted octanol–water partition coefficient (Wildman–Crippen LogP) is 3.62. The molecule has 1 heteroatoms. The second kappa shape index (κ2) is 5.00. The van der Waals surface area contributed by atoms with Gasteiger partial charge in [-0.05, 0) is 42.4 Å². The Bertz CT molecular complexity index is 228. The molecule has 1 aromatic heterocycles. The van der Waals surface area contributed by atoms with Crippen molar-refractivity contribution in [3.8, 4) is 0 Å². The molecule has 1 nitrogen and oxygen atoms in total. The van der Waals surface area contributed by atoms with Gasteiger partial charge in [-0.15, -0.1) is 0 Å². The highest BCUT2D eigenvalue weighted by atomic mass is 14.6. The molecular weight excluding hydrogens is 158 g/mol. The minimum atomic E-state index is 0.711. The molecule has 0 aliphatic rings. The van der Waals surface area contributed by atoms with Crippen LogP contribution in [0.1, 0.15) is 45.1 Å². The number of pyridine rings is 1. The van der Waals surface area contributed by atoms with E-state index in [9.17, 15) is 0 Å². The summed E-state index contributed by atoms with van der Waals surface area (Å²) in [6.45, 7) is 6.82. The maximum absolute atomic E-state index is 4.04. The van der Waals surface area contributed by atoms with E-state index >= 15 is 0 Å². The average Bonchev–Trinajstić information content (AvgIpc) is 2.15. The fraction of sp³-hybridized carbons (Fsp3) is 0.583. The Kier molecular flexibility index (Phi) is 3.94. The summed E-state index contributed by atoms with van der Waals surface area (Å²) in [7, 11) is 0. The third kappa shape index (κ3) is 3.17. The van der Waals surface area contributed by atoms with Crippen LogP contribution in [0.5, 0.6) is 0 Å². The van der Waals surface area contributed by atoms with Crippen LogP contribution in [0, 0.1) is 5.92 Å². The van der Waals surface area contributed by atoms with Gasteiger partial charge in [0.2, 0.25) is 0 Å². The minimum absolute atomic E-state index is 0.711. The fourth-order valence-electron chi connectivity index (χ4n) is 1.74. The van der Waals surface area contributed by atoms with Crippen molar-refractivity contribution in [2.75, 3.05) is 0 Å². The number of hydrogen-bond donors (Lipinski definition) is 0. The van der Waals surface area contributed by atoms with E-state index in [-0.39, 0.29) is 0 Å². The van der Waals surface area contributed by atoms with Crippen molar-refractivity contribution < 1.29 is 0 Å². The van der Waals surface area contributed by atoms with E-state index in [2.05, 4.69) is 37.9 Å². The van der Waals surface area contributed by atoms with Crippen molar-refractivity contribution in [3.63, 3.8) is 0 Å². The first-order chi connectivity index (χ1) is 6.24. The van der Waals surface area contributed by atoms with Crippen LogP contribution in [0.2, 0.25) is 0 Å². The van der Waals surface area contributed by atoms with Crippen LogP contribution in [-0.2, 0) is 0 Å². The first-order valence-electron chi connectivity index (χ1n) is 5.14. The highest BCUT2D eigenvalue weighted by Crippen LogP contribution is 2.25. The third-order valence-corrected chi connectivity index (χ3v) is 2.43. The Hall–Kier alpha value is -0.850. The molecule has 0 saturated heterocycles. The van der Waals surface area contributed by atoms with E-state index in [0.29, 0.717) is 5.92 Å². The number of nitrogens with zero attached hydrogens (tertiary/aromatic N) is 1. The summed E-state index contributed by atoms with van der Waals surface area (Å²) in [5.74, 6) is 1.49. The summed E-state index contributed by atoms with van der Waals surface area (Å²) in [5, 5.41) is 0. The van der Waals surface area contributed by atoms with Crippen LogP contribution < -0.4 is 0 Å². The fourth-order valence-corrected chi connectivity index (χ4v) is 1.74. The van der Waals surface area contributed by atoms with Crippen LogP contribution in [0.3, 0.4) is 0 Å². The van der Waals surface area contributed by atoms with Gasteiger partial charge in [-0.2, -0.15) is 0 Å². The van der Waals surface area contributed by atoms with Gasteiger partial charge in [-0.25, -0.2) is 0 Å². The standard InChI is InChI=1S/C12H19N/c1-4-11(9-10(2)3)12-5-7-13-8-6-12/h5-8,10-11H,4,9H2,1-3H3. The third-order valence-electron chi connectivity index (χ3n) is 2.43. The molecule has 0 radical (unpaired) electrons. The zero-order chi connectivity index (χ0) is 9.68. The number of hydrogen-bond acceptors (Lipinski definition) is 1. The van der Waals surface area contributed by atoms with Crippen molar-refractivity contribution >= 4 is 0 Å². The molecule has 0 fully saturated rings. The second-order valence-corrected chi connectivity index (χ2v) is 4.02. The Balaban J connectivity index is 2.67. The number of aromatic nitrogens is 1. The van der Waals surface area contributed by atoms with Crippen LogP contribution in [-0.4, -0.2) is 4.98 Å². The van der Waals surface area contributed by atoms with E-state index < -0.39 is 0 Å². The Morgan fingerprint density at radius 1 is 1.23 bits per heavy atom. The molecule has 13 heavy (non-hydrogen) atoms. The van der Waals surface area contributed by atoms with Gasteiger partial charge in [0.1, 0.15) is 0 Å². The lowest BCUT2D eigenvalue weighted by atomic mass is 9.89. The molecule has 0 aliphatic heterocycles. The van der Waals surface area contributed by atoms with E-state index in [1.165, 1.54) is 18.4 Å². The molecule has 0 spiro atoms. The van der Waals surface area contributed by atoms with Crippen molar-refractivity contribution in [1.29, 1.82) is 0 Å². The molecule has 1 aromatic rings. The second-order valence-electron chi connectivity index (χ2n) is 4.02. The monoisotopic (exact) mass is 177 g/mol. The molecule has 1 heterocycles. The smallest absolute Gasteiger partial charge is 0.0270 e. The lowest BCUT2D eigenvalue weighted by molar-refractivity contribution is 0.489. The average molecular weight is 177 g/mol. The molecule has 1 atom stereocenters. The van der Waals surface area contributed by atoms with Gasteiger partial charge in [0, 0.05) is 12.4 Å². The first kappa shape index (κ1) is 10.2. The summed E-state index contributed by atoms with van der Waals surface area (Å²) in [5.41, 5.74) is 1.44. The maximum Gasteiger partial charge on any atom is 0.0270 e. The molecule has 0 aliphatic carbocycles. The van der Waals surface area contributed by atoms with Gasteiger partial charge < -0.3 is 0 Å². The van der Waals surface area contributed by atoms with E-state index in [1.807, 2.05) is 12.4 Å². The van der Waals surface area contributed by atoms with Crippen molar-refractivity contribution in [2.45, 2.75) is 39.5 Å². The summed E-state index contributed by atoms with van der Waals surface area (Å²) < 4.78 is 0. The van der Waals surface area contributed by atoms with Crippen LogP contribution in [0.15, 0.2) is 24.5 Å². The molecular formula is C12H19N. The van der Waals surface area contributed by atoms with Crippen LogP contribution in [0.4, 0.5) is 0 Å². The molecule has 72 valence electrons. The van der Waals surface area contributed by atoms with Gasteiger partial charge in [0.25, 0.3) is 0 Å². The lowest BCUT2D eigenvalue weighted by Crippen LogP contribution is -2.01. The highest BCUT2D eigenvalue weighted by molar-refractivity contribution is 5.15.